The molecule has 8 heteroatoms. The molecule has 1 N–H and O–H groups in total. The van der Waals surface area contributed by atoms with Crippen LogP contribution in [0, 0.1) is 12.8 Å². The molecule has 0 aliphatic rings. The highest BCUT2D eigenvalue weighted by molar-refractivity contribution is 7.11. The molecule has 41 heavy (non-hydrogen) atoms. The van der Waals surface area contributed by atoms with Crippen molar-refractivity contribution >= 4 is 25.6 Å². The van der Waals surface area contributed by atoms with Crippen LogP contribution in [0.1, 0.15) is 79.1 Å². The molecule has 0 fully saturated rings. The van der Waals surface area contributed by atoms with Gasteiger partial charge in [-0.25, -0.2) is 4.98 Å². The van der Waals surface area contributed by atoms with Crippen molar-refractivity contribution in [3.05, 3.63) is 75.2 Å². The van der Waals surface area contributed by atoms with E-state index in [1.165, 1.54) is 16.9 Å². The van der Waals surface area contributed by atoms with Gasteiger partial charge in [-0.3, -0.25) is 4.79 Å². The van der Waals surface area contributed by atoms with Gasteiger partial charge in [0.05, 0.1) is 31.2 Å². The van der Waals surface area contributed by atoms with Gasteiger partial charge in [-0.2, -0.15) is 0 Å². The number of hydrogen-bond donors (Lipinski definition) is 1. The molecule has 0 bridgehead atoms. The molecule has 3 unspecified atom stereocenters. The number of ether oxygens (including phenoxy) is 2. The van der Waals surface area contributed by atoms with Gasteiger partial charge in [0.25, 0.3) is 0 Å². The van der Waals surface area contributed by atoms with Crippen LogP contribution < -0.4 is 9.47 Å². The summed E-state index contributed by atoms with van der Waals surface area (Å²) in [6.45, 7) is 15.1. The molecule has 0 aliphatic carbocycles. The number of carboxylic acid groups (broad SMARTS) is 1. The van der Waals surface area contributed by atoms with Crippen LogP contribution in [0.15, 0.2) is 48.7 Å². The van der Waals surface area contributed by atoms with Gasteiger partial charge in [-0.1, -0.05) is 51.1 Å². The van der Waals surface area contributed by atoms with E-state index in [-0.39, 0.29) is 17.1 Å². The zero-order chi connectivity index (χ0) is 30.4. The second kappa shape index (κ2) is 14.0. The number of carboxylic acids is 1. The van der Waals surface area contributed by atoms with E-state index in [2.05, 4.69) is 70.3 Å². The Bertz CT molecular complexity index is 1260. The first-order valence-electron chi connectivity index (χ1n) is 14.4. The van der Waals surface area contributed by atoms with Gasteiger partial charge in [0.2, 0.25) is 0 Å². The highest BCUT2D eigenvalue weighted by Crippen LogP contribution is 2.45. The topological polar surface area (TPSA) is 77.9 Å². The van der Waals surface area contributed by atoms with E-state index in [1.54, 1.807) is 27.3 Å². The van der Waals surface area contributed by atoms with Gasteiger partial charge in [-0.15, -0.1) is 11.3 Å². The maximum atomic E-state index is 11.6. The van der Waals surface area contributed by atoms with E-state index >= 15 is 0 Å². The molecule has 0 aliphatic heterocycles. The fourth-order valence-corrected chi connectivity index (χ4v) is 7.11. The lowest BCUT2D eigenvalue weighted by molar-refractivity contribution is -0.138. The predicted octanol–water partition coefficient (Wildman–Crippen LogP) is 8.60. The van der Waals surface area contributed by atoms with Gasteiger partial charge < -0.3 is 19.0 Å². The smallest absolute Gasteiger partial charge is 0.311 e. The number of rotatable bonds is 14. The normalized spacial score (nSPS) is 14.4. The Hall–Kier alpha value is -2.68. The minimum absolute atomic E-state index is 0.0178. The summed E-state index contributed by atoms with van der Waals surface area (Å²) in [6.07, 6.45) is 5.11. The molecule has 3 atom stereocenters. The molecule has 2 aromatic carbocycles. The molecular weight excluding hydrogens is 551 g/mol. The molecule has 3 aromatic rings. The van der Waals surface area contributed by atoms with Crippen molar-refractivity contribution in [2.45, 2.75) is 90.5 Å². The second-order valence-electron chi connectivity index (χ2n) is 12.4. The summed E-state index contributed by atoms with van der Waals surface area (Å²) in [6, 6.07) is 14.8. The molecule has 1 heterocycles. The first kappa shape index (κ1) is 32.8. The number of aromatic nitrogens is 1. The zero-order valence-corrected chi connectivity index (χ0v) is 27.9. The molecule has 1 aromatic heterocycles. The summed E-state index contributed by atoms with van der Waals surface area (Å²) >= 11 is 1.50. The van der Waals surface area contributed by atoms with Gasteiger partial charge in [0.15, 0.2) is 8.32 Å². The summed E-state index contributed by atoms with van der Waals surface area (Å²) in [7, 11) is 1.17. The van der Waals surface area contributed by atoms with Crippen molar-refractivity contribution in [3.8, 4) is 11.5 Å². The average Bonchev–Trinajstić information content (AvgIpc) is 3.39. The van der Waals surface area contributed by atoms with Crippen LogP contribution in [0.3, 0.4) is 0 Å². The number of carbonyl (C=O) groups is 1. The SMILES string of the molecule is COc1cc(C(O[Si](C)(C)C(C)(C)C)C(CCCc2ccccc2)Cc2ncc(C(C)C(=O)O)s2)cc(OC)c1C. The Morgan fingerprint density at radius 2 is 1.68 bits per heavy atom. The summed E-state index contributed by atoms with van der Waals surface area (Å²) in [5.74, 6) is 0.250. The van der Waals surface area contributed by atoms with Crippen molar-refractivity contribution < 1.29 is 23.8 Å². The third kappa shape index (κ3) is 8.43. The highest BCUT2D eigenvalue weighted by atomic mass is 32.1. The molecule has 0 amide bonds. The van der Waals surface area contributed by atoms with Crippen molar-refractivity contribution in [3.63, 3.8) is 0 Å². The standard InChI is InChI=1S/C33H47NO5SSi/c1-22-27(37-6)18-26(19-28(22)38-7)31(39-41(8,9)33(3,4)5)25(17-13-16-24-14-11-10-12-15-24)20-30-34-21-29(40-30)23(2)32(35)36/h10-12,14-15,18-19,21,23,25,31H,13,16-17,20H2,1-9H3,(H,35,36). The van der Waals surface area contributed by atoms with E-state index in [9.17, 15) is 9.90 Å². The number of aryl methyl sites for hydroxylation is 1. The van der Waals surface area contributed by atoms with E-state index in [0.29, 0.717) is 6.42 Å². The summed E-state index contributed by atoms with van der Waals surface area (Å²) in [4.78, 5) is 17.1. The van der Waals surface area contributed by atoms with Crippen molar-refractivity contribution in [1.29, 1.82) is 0 Å². The minimum Gasteiger partial charge on any atom is -0.496 e. The number of benzene rings is 2. The van der Waals surface area contributed by atoms with E-state index < -0.39 is 20.2 Å². The third-order valence-electron chi connectivity index (χ3n) is 8.45. The van der Waals surface area contributed by atoms with Crippen LogP contribution >= 0.6 is 11.3 Å². The Morgan fingerprint density at radius 1 is 1.07 bits per heavy atom. The quantitative estimate of drug-likeness (QED) is 0.188. The maximum absolute atomic E-state index is 11.6. The van der Waals surface area contributed by atoms with Crippen LogP contribution in [0.4, 0.5) is 0 Å². The molecule has 0 saturated heterocycles. The van der Waals surface area contributed by atoms with Gasteiger partial charge in [0.1, 0.15) is 11.5 Å². The highest BCUT2D eigenvalue weighted by Gasteiger charge is 2.41. The van der Waals surface area contributed by atoms with E-state index in [4.69, 9.17) is 18.9 Å². The van der Waals surface area contributed by atoms with Crippen molar-refractivity contribution in [2.75, 3.05) is 14.2 Å². The average molecular weight is 598 g/mol. The Balaban J connectivity index is 2.07. The summed E-state index contributed by atoms with van der Waals surface area (Å²) in [5.41, 5.74) is 3.31. The largest absolute Gasteiger partial charge is 0.496 e. The molecule has 0 radical (unpaired) electrons. The first-order chi connectivity index (χ1) is 19.3. The second-order valence-corrected chi connectivity index (χ2v) is 18.3. The third-order valence-corrected chi connectivity index (χ3v) is 14.1. The van der Waals surface area contributed by atoms with Gasteiger partial charge in [0, 0.05) is 23.1 Å². The summed E-state index contributed by atoms with van der Waals surface area (Å²) < 4.78 is 18.8. The maximum Gasteiger partial charge on any atom is 0.311 e. The number of nitrogens with zero attached hydrogens (tertiary/aromatic N) is 1. The predicted molar refractivity (Wildman–Crippen MR) is 170 cm³/mol. The van der Waals surface area contributed by atoms with E-state index in [1.807, 2.05) is 13.0 Å². The molecule has 0 saturated carbocycles. The van der Waals surface area contributed by atoms with Crippen LogP contribution in [0.2, 0.25) is 18.1 Å². The lowest BCUT2D eigenvalue weighted by Crippen LogP contribution is -2.43. The molecule has 0 spiro atoms. The van der Waals surface area contributed by atoms with Gasteiger partial charge in [-0.05, 0) is 80.4 Å². The monoisotopic (exact) mass is 597 g/mol. The fraction of sp³-hybridized carbons (Fsp3) is 0.515. The number of hydrogen-bond acceptors (Lipinski definition) is 6. The lowest BCUT2D eigenvalue weighted by atomic mass is 9.87. The van der Waals surface area contributed by atoms with Crippen LogP contribution in [-0.4, -0.2) is 38.6 Å². The van der Waals surface area contributed by atoms with Crippen LogP contribution in [0.25, 0.3) is 0 Å². The Kier molecular flexibility index (Phi) is 11.2. The molecule has 3 rings (SSSR count). The fourth-order valence-electron chi connectivity index (χ4n) is 4.74. The number of aliphatic carboxylic acids is 1. The summed E-state index contributed by atoms with van der Waals surface area (Å²) in [5, 5.41) is 10.5. The number of methoxy groups -OCH3 is 2. The molecule has 224 valence electrons. The van der Waals surface area contributed by atoms with Gasteiger partial charge >= 0.3 is 5.97 Å². The van der Waals surface area contributed by atoms with Crippen LogP contribution in [-0.2, 0) is 22.1 Å². The Labute approximate surface area is 251 Å². The van der Waals surface area contributed by atoms with Crippen molar-refractivity contribution in [2.24, 2.45) is 5.92 Å². The zero-order valence-electron chi connectivity index (χ0n) is 26.1. The molecule has 6 nitrogen and oxygen atoms in total. The molecular formula is C33H47NO5SSi. The van der Waals surface area contributed by atoms with E-state index in [0.717, 1.165) is 51.8 Å². The van der Waals surface area contributed by atoms with Crippen molar-refractivity contribution in [1.82, 2.24) is 4.98 Å². The number of thiazole rings is 1. The Morgan fingerprint density at radius 3 is 2.22 bits per heavy atom. The van der Waals surface area contributed by atoms with Crippen LogP contribution in [0.5, 0.6) is 11.5 Å². The minimum atomic E-state index is -2.21. The first-order valence-corrected chi connectivity index (χ1v) is 18.1. The lowest BCUT2D eigenvalue weighted by Gasteiger charge is -2.42.